The van der Waals surface area contributed by atoms with Gasteiger partial charge >= 0.3 is 0 Å². The van der Waals surface area contributed by atoms with Gasteiger partial charge in [0, 0.05) is 31.5 Å². The van der Waals surface area contributed by atoms with Gasteiger partial charge in [-0.25, -0.2) is 4.98 Å². The minimum Gasteiger partial charge on any atom is -0.457 e. The van der Waals surface area contributed by atoms with E-state index in [2.05, 4.69) is 45.3 Å². The average molecular weight is 519 g/mol. The largest absolute Gasteiger partial charge is 0.457 e. The van der Waals surface area contributed by atoms with Crippen LogP contribution in [0.1, 0.15) is 46.0 Å². The first kappa shape index (κ1) is 25.9. The van der Waals surface area contributed by atoms with Crippen LogP contribution in [0.2, 0.25) is 0 Å². The normalized spacial score (nSPS) is 11.7. The number of hydrogen-bond donors (Lipinski definition) is 1. The lowest BCUT2D eigenvalue weighted by atomic mass is 10.1. The Labute approximate surface area is 228 Å². The van der Waals surface area contributed by atoms with Crippen LogP contribution < -0.4 is 10.1 Å². The van der Waals surface area contributed by atoms with Gasteiger partial charge in [0.15, 0.2) is 5.69 Å². The molecule has 0 fully saturated rings. The summed E-state index contributed by atoms with van der Waals surface area (Å²) in [7, 11) is 0. The second kappa shape index (κ2) is 12.7. The molecule has 7 heteroatoms. The second-order valence-electron chi connectivity index (χ2n) is 9.22. The molecule has 7 nitrogen and oxygen atoms in total. The molecule has 196 valence electrons. The zero-order valence-electron chi connectivity index (χ0n) is 21.7. The number of rotatable bonds is 11. The van der Waals surface area contributed by atoms with Gasteiger partial charge < -0.3 is 14.5 Å². The summed E-state index contributed by atoms with van der Waals surface area (Å²) in [5, 5.41) is 2.88. The monoisotopic (exact) mass is 518 g/mol. The molecule has 2 aromatic heterocycles. The van der Waals surface area contributed by atoms with Gasteiger partial charge in [-0.05, 0) is 60.0 Å². The SMILES string of the molecule is C[C@H](c1ccccc1)N(Cc1cccc(Oc2ccccc2)c1)Cc1nc(C(=O)NCc2ccncc2)co1. The maximum Gasteiger partial charge on any atom is 0.273 e. The summed E-state index contributed by atoms with van der Waals surface area (Å²) in [5.74, 6) is 1.76. The third kappa shape index (κ3) is 7.18. The minimum atomic E-state index is -0.282. The number of carbonyl (C=O) groups excluding carboxylic acids is 1. The van der Waals surface area contributed by atoms with Crippen molar-refractivity contribution in [1.29, 1.82) is 0 Å². The molecule has 2 heterocycles. The number of hydrogen-bond acceptors (Lipinski definition) is 6. The number of carbonyl (C=O) groups is 1. The predicted octanol–water partition coefficient (Wildman–Crippen LogP) is 6.56. The van der Waals surface area contributed by atoms with Crippen molar-refractivity contribution in [1.82, 2.24) is 20.2 Å². The lowest BCUT2D eigenvalue weighted by Crippen LogP contribution is -2.27. The first-order valence-corrected chi connectivity index (χ1v) is 12.9. The highest BCUT2D eigenvalue weighted by Crippen LogP contribution is 2.27. The van der Waals surface area contributed by atoms with E-state index in [1.54, 1.807) is 12.4 Å². The van der Waals surface area contributed by atoms with Crippen molar-refractivity contribution in [2.45, 2.75) is 32.6 Å². The third-order valence-corrected chi connectivity index (χ3v) is 6.42. The maximum absolute atomic E-state index is 12.7. The number of amides is 1. The lowest BCUT2D eigenvalue weighted by molar-refractivity contribution is 0.0945. The molecule has 1 amide bonds. The third-order valence-electron chi connectivity index (χ3n) is 6.42. The van der Waals surface area contributed by atoms with Crippen LogP contribution in [-0.2, 0) is 19.6 Å². The van der Waals surface area contributed by atoms with E-state index in [1.807, 2.05) is 78.9 Å². The topological polar surface area (TPSA) is 80.5 Å². The zero-order chi connectivity index (χ0) is 26.9. The molecule has 5 aromatic rings. The smallest absolute Gasteiger partial charge is 0.273 e. The number of pyridine rings is 1. The van der Waals surface area contributed by atoms with E-state index in [1.165, 1.54) is 11.8 Å². The van der Waals surface area contributed by atoms with Crippen LogP contribution in [-0.4, -0.2) is 20.8 Å². The van der Waals surface area contributed by atoms with Gasteiger partial charge in [0.1, 0.15) is 17.8 Å². The van der Waals surface area contributed by atoms with Crippen molar-refractivity contribution in [3.63, 3.8) is 0 Å². The zero-order valence-corrected chi connectivity index (χ0v) is 21.7. The molecule has 0 saturated heterocycles. The van der Waals surface area contributed by atoms with Gasteiger partial charge in [-0.1, -0.05) is 60.7 Å². The van der Waals surface area contributed by atoms with E-state index in [-0.39, 0.29) is 17.6 Å². The summed E-state index contributed by atoms with van der Waals surface area (Å²) in [6.07, 6.45) is 4.81. The lowest BCUT2D eigenvalue weighted by Gasteiger charge is -2.28. The molecule has 0 radical (unpaired) electrons. The molecule has 3 aromatic carbocycles. The first-order chi connectivity index (χ1) is 19.1. The number of benzene rings is 3. The fourth-order valence-corrected chi connectivity index (χ4v) is 4.27. The number of nitrogens with one attached hydrogen (secondary N) is 1. The van der Waals surface area contributed by atoms with Crippen LogP contribution in [0.5, 0.6) is 11.5 Å². The highest BCUT2D eigenvalue weighted by Gasteiger charge is 2.21. The van der Waals surface area contributed by atoms with Crippen LogP contribution in [0.4, 0.5) is 0 Å². The van der Waals surface area contributed by atoms with E-state index >= 15 is 0 Å². The number of oxazole rings is 1. The molecular formula is C32H30N4O3. The van der Waals surface area contributed by atoms with E-state index in [9.17, 15) is 4.79 Å². The predicted molar refractivity (Wildman–Crippen MR) is 149 cm³/mol. The maximum atomic E-state index is 12.7. The van der Waals surface area contributed by atoms with Crippen molar-refractivity contribution in [3.8, 4) is 11.5 Å². The molecule has 0 bridgehead atoms. The van der Waals surface area contributed by atoms with Gasteiger partial charge in [-0.15, -0.1) is 0 Å². The molecule has 0 aliphatic heterocycles. The molecule has 5 rings (SSSR count). The number of ether oxygens (including phenoxy) is 1. The minimum absolute atomic E-state index is 0.0702. The summed E-state index contributed by atoms with van der Waals surface area (Å²) in [6, 6.07) is 31.9. The van der Waals surface area contributed by atoms with E-state index in [0.717, 1.165) is 22.6 Å². The standard InChI is InChI=1S/C32H30N4O3/c1-24(27-10-4-2-5-11-27)36(21-26-9-8-14-29(19-26)39-28-12-6-3-7-13-28)22-31-35-30(23-38-31)32(37)34-20-25-15-17-33-18-16-25/h2-19,23-24H,20-22H2,1H3,(H,34,37)/t24-/m1/s1. The molecule has 1 N–H and O–H groups in total. The highest BCUT2D eigenvalue weighted by atomic mass is 16.5. The van der Waals surface area contributed by atoms with Gasteiger partial charge in [0.25, 0.3) is 5.91 Å². The van der Waals surface area contributed by atoms with Crippen LogP contribution in [0.25, 0.3) is 0 Å². The molecule has 0 aliphatic carbocycles. The molecule has 0 unspecified atom stereocenters. The molecule has 0 aliphatic rings. The quantitative estimate of drug-likeness (QED) is 0.213. The van der Waals surface area contributed by atoms with E-state index in [4.69, 9.17) is 9.15 Å². The molecule has 39 heavy (non-hydrogen) atoms. The van der Waals surface area contributed by atoms with Gasteiger partial charge in [0.05, 0.1) is 6.54 Å². The van der Waals surface area contributed by atoms with Crippen LogP contribution in [0.15, 0.2) is 120 Å². The Morgan fingerprint density at radius 3 is 2.36 bits per heavy atom. The summed E-state index contributed by atoms with van der Waals surface area (Å²) in [6.45, 7) is 3.61. The Morgan fingerprint density at radius 2 is 1.59 bits per heavy atom. The summed E-state index contributed by atoms with van der Waals surface area (Å²) in [5.41, 5.74) is 3.48. The summed E-state index contributed by atoms with van der Waals surface area (Å²) >= 11 is 0. The van der Waals surface area contributed by atoms with E-state index < -0.39 is 0 Å². The van der Waals surface area contributed by atoms with Crippen LogP contribution in [0, 0.1) is 0 Å². The van der Waals surface area contributed by atoms with Crippen molar-refractivity contribution < 1.29 is 13.9 Å². The molecule has 0 saturated carbocycles. The molecule has 1 atom stereocenters. The number of para-hydroxylation sites is 1. The van der Waals surface area contributed by atoms with Gasteiger partial charge in [0.2, 0.25) is 5.89 Å². The van der Waals surface area contributed by atoms with E-state index in [0.29, 0.717) is 25.5 Å². The Bertz CT molecular complexity index is 1470. The second-order valence-corrected chi connectivity index (χ2v) is 9.22. The van der Waals surface area contributed by atoms with Crippen molar-refractivity contribution >= 4 is 5.91 Å². The number of aromatic nitrogens is 2. The summed E-state index contributed by atoms with van der Waals surface area (Å²) < 4.78 is 11.8. The molecule has 0 spiro atoms. The fraction of sp³-hybridized carbons (Fsp3) is 0.156. The van der Waals surface area contributed by atoms with Gasteiger partial charge in [-0.2, -0.15) is 0 Å². The number of nitrogens with zero attached hydrogens (tertiary/aromatic N) is 3. The summed E-state index contributed by atoms with van der Waals surface area (Å²) in [4.78, 5) is 23.4. The van der Waals surface area contributed by atoms with Crippen LogP contribution in [0.3, 0.4) is 0 Å². The van der Waals surface area contributed by atoms with Crippen LogP contribution >= 0.6 is 0 Å². The average Bonchev–Trinajstić information content (AvgIpc) is 3.46. The highest BCUT2D eigenvalue weighted by molar-refractivity contribution is 5.91. The Morgan fingerprint density at radius 1 is 0.872 bits per heavy atom. The first-order valence-electron chi connectivity index (χ1n) is 12.9. The van der Waals surface area contributed by atoms with Gasteiger partial charge in [-0.3, -0.25) is 14.7 Å². The Kier molecular flexibility index (Phi) is 8.41. The fourth-order valence-electron chi connectivity index (χ4n) is 4.27. The Balaban J connectivity index is 1.31. The van der Waals surface area contributed by atoms with Crippen molar-refractivity contribution in [2.75, 3.05) is 0 Å². The Hall–Kier alpha value is -4.75. The van der Waals surface area contributed by atoms with Crippen molar-refractivity contribution in [3.05, 3.63) is 144 Å². The van der Waals surface area contributed by atoms with Crippen molar-refractivity contribution in [2.24, 2.45) is 0 Å². The molecular weight excluding hydrogens is 488 g/mol.